The van der Waals surface area contributed by atoms with E-state index in [1.807, 2.05) is 23.5 Å². The normalized spacial score (nSPS) is 13.7. The molecule has 0 N–H and O–H groups in total. The number of hydrogen-bond donors (Lipinski definition) is 0. The standard InChI is InChI=1S/C17H10S/c1-2-7-12(6-1)13-9-5-10-15-14-8-3-4-11-16(14)18-17(13)15/h1-6,8-11H. The zero-order valence-electron chi connectivity index (χ0n) is 9.68. The van der Waals surface area contributed by atoms with Gasteiger partial charge in [0.25, 0.3) is 0 Å². The first-order valence-electron chi connectivity index (χ1n) is 5.97. The molecule has 0 nitrogen and oxygen atoms in total. The van der Waals surface area contributed by atoms with E-state index in [-0.39, 0.29) is 0 Å². The first-order valence-corrected chi connectivity index (χ1v) is 6.79. The fraction of sp³-hybridized carbons (Fsp3) is 0. The molecule has 0 amide bonds. The average molecular weight is 246 g/mol. The number of benzene rings is 2. The lowest BCUT2D eigenvalue weighted by atomic mass is 10.0. The molecule has 0 spiro atoms. The Morgan fingerprint density at radius 1 is 0.889 bits per heavy atom. The summed E-state index contributed by atoms with van der Waals surface area (Å²) in [5.74, 6) is 0. The monoisotopic (exact) mass is 246 g/mol. The molecule has 1 heterocycles. The largest absolute Gasteiger partial charge is 0.135 e. The van der Waals surface area contributed by atoms with Crippen molar-refractivity contribution >= 4 is 37.1 Å². The summed E-state index contributed by atoms with van der Waals surface area (Å²) >= 11 is 1.87. The molecule has 0 atom stereocenters. The summed E-state index contributed by atoms with van der Waals surface area (Å²) in [6.45, 7) is 0. The second-order valence-corrected chi connectivity index (χ2v) is 5.42. The molecule has 0 bridgehead atoms. The Labute approximate surface area is 109 Å². The van der Waals surface area contributed by atoms with E-state index in [0.717, 1.165) is 0 Å². The lowest BCUT2D eigenvalue weighted by Crippen LogP contribution is -1.78. The number of allylic oxidation sites excluding steroid dienone is 3. The van der Waals surface area contributed by atoms with Gasteiger partial charge in [0, 0.05) is 31.3 Å². The second-order valence-electron chi connectivity index (χ2n) is 4.36. The molecule has 2 aromatic carbocycles. The van der Waals surface area contributed by atoms with Crippen LogP contribution in [-0.2, 0) is 0 Å². The predicted octanol–water partition coefficient (Wildman–Crippen LogP) is 5.16. The summed E-state index contributed by atoms with van der Waals surface area (Å²) in [5, 5.41) is 2.70. The Kier molecular flexibility index (Phi) is 2.04. The Morgan fingerprint density at radius 3 is 2.67 bits per heavy atom. The molecule has 0 saturated heterocycles. The van der Waals surface area contributed by atoms with Gasteiger partial charge in [0.05, 0.1) is 0 Å². The maximum Gasteiger partial charge on any atom is 0.0440 e. The van der Waals surface area contributed by atoms with Gasteiger partial charge < -0.3 is 0 Å². The highest BCUT2D eigenvalue weighted by Gasteiger charge is 2.10. The Hall–Kier alpha value is -2.08. The van der Waals surface area contributed by atoms with Gasteiger partial charge in [-0.2, -0.15) is 0 Å². The van der Waals surface area contributed by atoms with Gasteiger partial charge in [0.2, 0.25) is 0 Å². The lowest BCUT2D eigenvalue weighted by Gasteiger charge is -2.00. The number of fused-ring (bicyclic) bond motifs is 3. The van der Waals surface area contributed by atoms with Crippen molar-refractivity contribution in [2.75, 3.05) is 0 Å². The quantitative estimate of drug-likeness (QED) is 0.520. The van der Waals surface area contributed by atoms with Crippen LogP contribution in [-0.4, -0.2) is 0 Å². The van der Waals surface area contributed by atoms with Crippen LogP contribution in [0, 0.1) is 0 Å². The van der Waals surface area contributed by atoms with Crippen LogP contribution in [0.2, 0.25) is 0 Å². The van der Waals surface area contributed by atoms with Crippen molar-refractivity contribution in [3.8, 4) is 0 Å². The number of rotatable bonds is 1. The SMILES string of the molecule is C1=CC=CC=1c1cccc2c1sc1ccccc12. The van der Waals surface area contributed by atoms with Crippen LogP contribution < -0.4 is 0 Å². The maximum atomic E-state index is 3.30. The summed E-state index contributed by atoms with van der Waals surface area (Å²) in [7, 11) is 0. The Morgan fingerprint density at radius 2 is 1.78 bits per heavy atom. The molecular formula is C17H10S. The lowest BCUT2D eigenvalue weighted by molar-refractivity contribution is 1.76. The van der Waals surface area contributed by atoms with Crippen molar-refractivity contribution in [3.05, 3.63) is 72.0 Å². The van der Waals surface area contributed by atoms with Crippen LogP contribution >= 0.6 is 11.3 Å². The van der Waals surface area contributed by atoms with Crippen LogP contribution in [0.25, 0.3) is 25.7 Å². The van der Waals surface area contributed by atoms with Gasteiger partial charge in [-0.3, -0.25) is 0 Å². The van der Waals surface area contributed by atoms with Crippen molar-refractivity contribution in [1.29, 1.82) is 0 Å². The maximum absolute atomic E-state index is 3.30. The van der Waals surface area contributed by atoms with Gasteiger partial charge in [0.1, 0.15) is 0 Å². The van der Waals surface area contributed by atoms with Gasteiger partial charge in [-0.15, -0.1) is 17.1 Å². The van der Waals surface area contributed by atoms with Crippen molar-refractivity contribution in [3.63, 3.8) is 0 Å². The third-order valence-corrected chi connectivity index (χ3v) is 4.51. The molecule has 0 radical (unpaired) electrons. The average Bonchev–Trinajstić information content (AvgIpc) is 3.05. The van der Waals surface area contributed by atoms with Crippen LogP contribution in [0.5, 0.6) is 0 Å². The van der Waals surface area contributed by atoms with Gasteiger partial charge >= 0.3 is 0 Å². The molecule has 0 unspecified atom stereocenters. The molecule has 84 valence electrons. The number of thiophene rings is 1. The molecule has 3 aromatic rings. The highest BCUT2D eigenvalue weighted by Crippen LogP contribution is 2.38. The number of hydrogen-bond acceptors (Lipinski definition) is 1. The summed E-state index contributed by atoms with van der Waals surface area (Å²) in [5.41, 5.74) is 5.77. The minimum absolute atomic E-state index is 1.19. The van der Waals surface area contributed by atoms with Crippen molar-refractivity contribution < 1.29 is 0 Å². The van der Waals surface area contributed by atoms with Gasteiger partial charge in [-0.1, -0.05) is 42.5 Å². The van der Waals surface area contributed by atoms with E-state index in [1.165, 1.54) is 31.3 Å². The fourth-order valence-corrected chi connectivity index (χ4v) is 3.69. The minimum Gasteiger partial charge on any atom is -0.135 e. The van der Waals surface area contributed by atoms with Crippen molar-refractivity contribution in [2.24, 2.45) is 0 Å². The zero-order chi connectivity index (χ0) is 11.9. The van der Waals surface area contributed by atoms with Crippen LogP contribution in [0.1, 0.15) is 5.56 Å². The summed E-state index contributed by atoms with van der Waals surface area (Å²) < 4.78 is 2.72. The van der Waals surface area contributed by atoms with Gasteiger partial charge in [-0.05, 0) is 18.2 Å². The van der Waals surface area contributed by atoms with E-state index >= 15 is 0 Å². The first-order chi connectivity index (χ1) is 8.93. The van der Waals surface area contributed by atoms with Crippen molar-refractivity contribution in [1.82, 2.24) is 0 Å². The topological polar surface area (TPSA) is 0 Å². The van der Waals surface area contributed by atoms with E-state index in [1.54, 1.807) is 0 Å². The zero-order valence-corrected chi connectivity index (χ0v) is 10.5. The molecular weight excluding hydrogens is 236 g/mol. The molecule has 1 heteroatoms. The molecule has 0 aliphatic heterocycles. The summed E-state index contributed by atoms with van der Waals surface area (Å²) in [6.07, 6.45) is 6.14. The Bertz CT molecular complexity index is 856. The molecule has 0 saturated carbocycles. The molecule has 18 heavy (non-hydrogen) atoms. The van der Waals surface area contributed by atoms with E-state index in [0.29, 0.717) is 0 Å². The van der Waals surface area contributed by atoms with Gasteiger partial charge in [0.15, 0.2) is 0 Å². The second kappa shape index (κ2) is 3.71. The third-order valence-electron chi connectivity index (χ3n) is 3.29. The first kappa shape index (κ1) is 9.90. The van der Waals surface area contributed by atoms with Gasteiger partial charge in [-0.25, -0.2) is 0 Å². The van der Waals surface area contributed by atoms with E-state index in [2.05, 4.69) is 54.3 Å². The molecule has 0 fully saturated rings. The smallest absolute Gasteiger partial charge is 0.0440 e. The molecule has 1 aliphatic carbocycles. The highest BCUT2D eigenvalue weighted by molar-refractivity contribution is 7.26. The summed E-state index contributed by atoms with van der Waals surface area (Å²) in [4.78, 5) is 0. The van der Waals surface area contributed by atoms with Crippen LogP contribution in [0.4, 0.5) is 0 Å². The van der Waals surface area contributed by atoms with Crippen molar-refractivity contribution in [2.45, 2.75) is 0 Å². The highest BCUT2D eigenvalue weighted by atomic mass is 32.1. The minimum atomic E-state index is 1.19. The van der Waals surface area contributed by atoms with Crippen LogP contribution in [0.3, 0.4) is 0 Å². The fourth-order valence-electron chi connectivity index (χ4n) is 2.46. The van der Waals surface area contributed by atoms with E-state index in [9.17, 15) is 0 Å². The Balaban J connectivity index is 2.16. The molecule has 1 aromatic heterocycles. The van der Waals surface area contributed by atoms with E-state index in [4.69, 9.17) is 0 Å². The van der Waals surface area contributed by atoms with Crippen LogP contribution in [0.15, 0.2) is 66.4 Å². The van der Waals surface area contributed by atoms with E-state index < -0.39 is 0 Å². The molecule has 4 rings (SSSR count). The third kappa shape index (κ3) is 1.32. The predicted molar refractivity (Wildman–Crippen MR) is 80.0 cm³/mol. The summed E-state index contributed by atoms with van der Waals surface area (Å²) in [6, 6.07) is 15.1. The molecule has 1 aliphatic rings.